The van der Waals surface area contributed by atoms with E-state index >= 15 is 0 Å². The molecule has 190 valence electrons. The number of halogens is 1. The molecule has 3 aromatic rings. The summed E-state index contributed by atoms with van der Waals surface area (Å²) in [4.78, 5) is 39.2. The highest BCUT2D eigenvalue weighted by Gasteiger charge is 2.36. The average molecular weight is 521 g/mol. The monoisotopic (exact) mass is 520 g/mol. The SMILES string of the molecule is COc1cc(/C=C2\C(=O)NC(=O)N(c3ccc(OCc4ccc(Cl)cc4)cc3)C2=O)ccc1OC(C)C. The molecule has 0 unspecified atom stereocenters. The molecule has 0 atom stereocenters. The van der Waals surface area contributed by atoms with Crippen LogP contribution in [0.25, 0.3) is 6.08 Å². The van der Waals surface area contributed by atoms with E-state index in [0.29, 0.717) is 34.4 Å². The fourth-order valence-electron chi connectivity index (χ4n) is 3.62. The summed E-state index contributed by atoms with van der Waals surface area (Å²) >= 11 is 5.90. The van der Waals surface area contributed by atoms with Gasteiger partial charge in [-0.05, 0) is 79.6 Å². The lowest BCUT2D eigenvalue weighted by Gasteiger charge is -2.26. The molecule has 1 aliphatic rings. The minimum Gasteiger partial charge on any atom is -0.493 e. The van der Waals surface area contributed by atoms with Gasteiger partial charge >= 0.3 is 6.03 Å². The molecule has 9 heteroatoms. The van der Waals surface area contributed by atoms with E-state index in [0.717, 1.165) is 10.5 Å². The first kappa shape index (κ1) is 25.8. The van der Waals surface area contributed by atoms with Crippen molar-refractivity contribution in [3.63, 3.8) is 0 Å². The van der Waals surface area contributed by atoms with E-state index in [2.05, 4.69) is 5.32 Å². The molecule has 0 saturated carbocycles. The predicted octanol–water partition coefficient (Wildman–Crippen LogP) is 5.38. The van der Waals surface area contributed by atoms with E-state index in [1.54, 1.807) is 54.6 Å². The third kappa shape index (κ3) is 6.10. The molecule has 8 nitrogen and oxygen atoms in total. The van der Waals surface area contributed by atoms with Gasteiger partial charge in [0.1, 0.15) is 17.9 Å². The topological polar surface area (TPSA) is 94.2 Å². The first-order chi connectivity index (χ1) is 17.7. The van der Waals surface area contributed by atoms with Crippen molar-refractivity contribution in [1.82, 2.24) is 5.32 Å². The van der Waals surface area contributed by atoms with Crippen molar-refractivity contribution in [2.24, 2.45) is 0 Å². The van der Waals surface area contributed by atoms with Crippen molar-refractivity contribution >= 4 is 41.2 Å². The third-order valence-electron chi connectivity index (χ3n) is 5.38. The smallest absolute Gasteiger partial charge is 0.335 e. The molecule has 1 fully saturated rings. The number of ether oxygens (including phenoxy) is 3. The van der Waals surface area contributed by atoms with Crippen molar-refractivity contribution in [2.75, 3.05) is 12.0 Å². The highest BCUT2D eigenvalue weighted by atomic mass is 35.5. The second-order valence-electron chi connectivity index (χ2n) is 8.44. The molecule has 4 rings (SSSR count). The molecule has 0 radical (unpaired) electrons. The van der Waals surface area contributed by atoms with Crippen molar-refractivity contribution in [3.8, 4) is 17.2 Å². The normalized spacial score (nSPS) is 14.7. The van der Waals surface area contributed by atoms with Crippen LogP contribution in [-0.4, -0.2) is 31.1 Å². The number of nitrogens with one attached hydrogen (secondary N) is 1. The number of rotatable bonds is 8. The first-order valence-corrected chi connectivity index (χ1v) is 11.9. The van der Waals surface area contributed by atoms with Gasteiger partial charge in [-0.3, -0.25) is 14.9 Å². The molecule has 1 aliphatic heterocycles. The standard InChI is InChI=1S/C28H25ClN2O6/c1-17(2)37-24-13-6-19(15-25(24)35-3)14-23-26(32)30-28(34)31(27(23)33)21-9-11-22(12-10-21)36-16-18-4-7-20(29)8-5-18/h4-15,17H,16H2,1-3H3,(H,30,32,34)/b23-14+. The van der Waals surface area contributed by atoms with Crippen LogP contribution in [0.5, 0.6) is 17.2 Å². The van der Waals surface area contributed by atoms with Gasteiger partial charge in [0.25, 0.3) is 11.8 Å². The number of hydrogen-bond donors (Lipinski definition) is 1. The lowest BCUT2D eigenvalue weighted by molar-refractivity contribution is -0.122. The lowest BCUT2D eigenvalue weighted by Crippen LogP contribution is -2.54. The van der Waals surface area contributed by atoms with Gasteiger partial charge < -0.3 is 14.2 Å². The van der Waals surface area contributed by atoms with Crippen LogP contribution in [0.15, 0.2) is 72.3 Å². The Bertz CT molecular complexity index is 1350. The van der Waals surface area contributed by atoms with E-state index in [4.69, 9.17) is 25.8 Å². The molecule has 37 heavy (non-hydrogen) atoms. The van der Waals surface area contributed by atoms with Crippen molar-refractivity contribution in [2.45, 2.75) is 26.6 Å². The number of barbiturate groups is 1. The average Bonchev–Trinajstić information content (AvgIpc) is 2.87. The number of urea groups is 1. The summed E-state index contributed by atoms with van der Waals surface area (Å²) in [5, 5.41) is 2.86. The molecule has 1 heterocycles. The van der Waals surface area contributed by atoms with Gasteiger partial charge in [-0.2, -0.15) is 0 Å². The number of amides is 4. The summed E-state index contributed by atoms with van der Waals surface area (Å²) < 4.78 is 16.9. The number of imide groups is 2. The third-order valence-corrected chi connectivity index (χ3v) is 5.63. The van der Waals surface area contributed by atoms with Crippen LogP contribution in [0.2, 0.25) is 5.02 Å². The molecule has 0 spiro atoms. The van der Waals surface area contributed by atoms with E-state index in [1.807, 2.05) is 26.0 Å². The number of carbonyl (C=O) groups excluding carboxylic acids is 3. The summed E-state index contributed by atoms with van der Waals surface area (Å²) in [6.07, 6.45) is 1.35. The number of methoxy groups -OCH3 is 1. The molecule has 1 N–H and O–H groups in total. The zero-order valence-electron chi connectivity index (χ0n) is 20.5. The molecule has 4 amide bonds. The molecule has 0 aliphatic carbocycles. The van der Waals surface area contributed by atoms with Gasteiger partial charge in [0.2, 0.25) is 0 Å². The Hall–Kier alpha value is -4.30. The number of nitrogens with zero attached hydrogens (tertiary/aromatic N) is 1. The first-order valence-electron chi connectivity index (χ1n) is 11.5. The van der Waals surface area contributed by atoms with Gasteiger partial charge in [0.05, 0.1) is 18.9 Å². The Kier molecular flexibility index (Phi) is 7.79. The van der Waals surface area contributed by atoms with Crippen molar-refractivity contribution in [3.05, 3.63) is 88.5 Å². The van der Waals surface area contributed by atoms with E-state index < -0.39 is 17.8 Å². The van der Waals surface area contributed by atoms with Crippen molar-refractivity contribution in [1.29, 1.82) is 0 Å². The number of hydrogen-bond acceptors (Lipinski definition) is 6. The highest BCUT2D eigenvalue weighted by Crippen LogP contribution is 2.31. The van der Waals surface area contributed by atoms with Gasteiger partial charge in [0, 0.05) is 5.02 Å². The Balaban J connectivity index is 1.53. The van der Waals surface area contributed by atoms with Crippen LogP contribution in [0.1, 0.15) is 25.0 Å². The van der Waals surface area contributed by atoms with Gasteiger partial charge in [-0.15, -0.1) is 0 Å². The molecular formula is C28H25ClN2O6. The maximum atomic E-state index is 13.2. The maximum absolute atomic E-state index is 13.2. The summed E-state index contributed by atoms with van der Waals surface area (Å²) in [5.74, 6) is 0.00925. The molecule has 0 aromatic heterocycles. The Morgan fingerprint density at radius 2 is 1.65 bits per heavy atom. The zero-order chi connectivity index (χ0) is 26.5. The summed E-state index contributed by atoms with van der Waals surface area (Å²) in [7, 11) is 1.50. The Morgan fingerprint density at radius 3 is 2.30 bits per heavy atom. The number of benzene rings is 3. The minimum absolute atomic E-state index is 0.0578. The van der Waals surface area contributed by atoms with Crippen LogP contribution < -0.4 is 24.4 Å². The van der Waals surface area contributed by atoms with Gasteiger partial charge in [-0.1, -0.05) is 29.8 Å². The predicted molar refractivity (Wildman–Crippen MR) is 140 cm³/mol. The molecule has 3 aromatic carbocycles. The van der Waals surface area contributed by atoms with Crippen molar-refractivity contribution < 1.29 is 28.6 Å². The highest BCUT2D eigenvalue weighted by molar-refractivity contribution is 6.39. The van der Waals surface area contributed by atoms with E-state index in [1.165, 1.54) is 13.2 Å². The quantitative estimate of drug-likeness (QED) is 0.316. The Labute approximate surface area is 219 Å². The summed E-state index contributed by atoms with van der Waals surface area (Å²) in [6, 6.07) is 17.9. The van der Waals surface area contributed by atoms with Crippen LogP contribution in [-0.2, 0) is 16.2 Å². The van der Waals surface area contributed by atoms with E-state index in [-0.39, 0.29) is 17.4 Å². The molecular weight excluding hydrogens is 496 g/mol. The van der Waals surface area contributed by atoms with Crippen LogP contribution in [0.4, 0.5) is 10.5 Å². The second-order valence-corrected chi connectivity index (χ2v) is 8.88. The largest absolute Gasteiger partial charge is 0.493 e. The van der Waals surface area contributed by atoms with Crippen LogP contribution in [0.3, 0.4) is 0 Å². The summed E-state index contributed by atoms with van der Waals surface area (Å²) in [6.45, 7) is 4.11. The van der Waals surface area contributed by atoms with Gasteiger partial charge in [-0.25, -0.2) is 9.69 Å². The summed E-state index contributed by atoms with van der Waals surface area (Å²) in [5.41, 5.74) is 1.57. The number of carbonyl (C=O) groups is 3. The molecule has 1 saturated heterocycles. The van der Waals surface area contributed by atoms with Crippen LogP contribution in [0, 0.1) is 0 Å². The second kappa shape index (κ2) is 11.2. The van der Waals surface area contributed by atoms with Gasteiger partial charge in [0.15, 0.2) is 11.5 Å². The lowest BCUT2D eigenvalue weighted by atomic mass is 10.1. The molecule has 0 bridgehead atoms. The number of anilines is 1. The fourth-order valence-corrected chi connectivity index (χ4v) is 3.75. The van der Waals surface area contributed by atoms with E-state index in [9.17, 15) is 14.4 Å². The fraction of sp³-hybridized carbons (Fsp3) is 0.179. The zero-order valence-corrected chi connectivity index (χ0v) is 21.2. The maximum Gasteiger partial charge on any atom is 0.335 e. The Morgan fingerprint density at radius 1 is 0.946 bits per heavy atom. The minimum atomic E-state index is -0.833. The van der Waals surface area contributed by atoms with Crippen LogP contribution >= 0.6 is 11.6 Å².